The molecule has 78 valence electrons. The summed E-state index contributed by atoms with van der Waals surface area (Å²) in [6, 6.07) is 4.12. The lowest BCUT2D eigenvalue weighted by Gasteiger charge is -2.19. The van der Waals surface area contributed by atoms with Crippen molar-refractivity contribution in [2.75, 3.05) is 0 Å². The fraction of sp³-hybridized carbons (Fsp3) is 0.462. The van der Waals surface area contributed by atoms with Crippen LogP contribution in [0.2, 0.25) is 0 Å². The number of hydrogen-bond acceptors (Lipinski definition) is 2. The molecule has 1 fully saturated rings. The largest absolute Gasteiger partial charge is 0.299 e. The van der Waals surface area contributed by atoms with Gasteiger partial charge in [0, 0.05) is 11.3 Å². The summed E-state index contributed by atoms with van der Waals surface area (Å²) in [4.78, 5) is 13.2. The lowest BCUT2D eigenvalue weighted by Crippen LogP contribution is -2.16. The maximum atomic E-state index is 12.0. The monoisotopic (exact) mass is 218 g/mol. The van der Waals surface area contributed by atoms with Crippen molar-refractivity contribution in [2.24, 2.45) is 5.92 Å². The number of hydrogen-bond donors (Lipinski definition) is 0. The first-order chi connectivity index (χ1) is 7.34. The van der Waals surface area contributed by atoms with Crippen LogP contribution >= 0.6 is 11.3 Å². The zero-order valence-electron chi connectivity index (χ0n) is 8.61. The van der Waals surface area contributed by atoms with Crippen LogP contribution in [0.5, 0.6) is 0 Å². The van der Waals surface area contributed by atoms with Gasteiger partial charge in [-0.1, -0.05) is 17.7 Å². The molecule has 2 heteroatoms. The van der Waals surface area contributed by atoms with Crippen molar-refractivity contribution >= 4 is 17.1 Å². The Kier molecular flexibility index (Phi) is 2.24. The van der Waals surface area contributed by atoms with Gasteiger partial charge >= 0.3 is 0 Å². The van der Waals surface area contributed by atoms with E-state index in [0.717, 1.165) is 12.3 Å². The molecule has 2 aliphatic rings. The summed E-state index contributed by atoms with van der Waals surface area (Å²) in [6.45, 7) is 0. The Hall–Kier alpha value is -0.890. The highest BCUT2D eigenvalue weighted by molar-refractivity contribution is 7.10. The molecule has 0 radical (unpaired) electrons. The summed E-state index contributed by atoms with van der Waals surface area (Å²) in [5.41, 5.74) is 1.42. The smallest absolute Gasteiger partial charge is 0.145 e. The van der Waals surface area contributed by atoms with Gasteiger partial charge in [0.05, 0.1) is 5.92 Å². The number of carbonyl (C=O) groups is 1. The normalized spacial score (nSPS) is 26.5. The van der Waals surface area contributed by atoms with Gasteiger partial charge in [0.2, 0.25) is 0 Å². The van der Waals surface area contributed by atoms with E-state index in [1.165, 1.54) is 23.3 Å². The summed E-state index contributed by atoms with van der Waals surface area (Å²) >= 11 is 1.71. The molecule has 0 unspecified atom stereocenters. The van der Waals surface area contributed by atoms with Gasteiger partial charge in [0.25, 0.3) is 0 Å². The van der Waals surface area contributed by atoms with Crippen molar-refractivity contribution in [3.63, 3.8) is 0 Å². The van der Waals surface area contributed by atoms with Gasteiger partial charge in [-0.2, -0.15) is 0 Å². The molecule has 1 heterocycles. The van der Waals surface area contributed by atoms with E-state index in [2.05, 4.69) is 17.5 Å². The Bertz CT molecular complexity index is 398. The Morgan fingerprint density at radius 1 is 1.33 bits per heavy atom. The molecule has 1 aromatic heterocycles. The Morgan fingerprint density at radius 2 is 2.20 bits per heavy atom. The van der Waals surface area contributed by atoms with Gasteiger partial charge in [-0.3, -0.25) is 4.79 Å². The van der Waals surface area contributed by atoms with E-state index in [4.69, 9.17) is 0 Å². The van der Waals surface area contributed by atoms with Crippen molar-refractivity contribution in [3.8, 4) is 0 Å². The third-order valence-corrected chi connectivity index (χ3v) is 4.36. The molecule has 0 amide bonds. The van der Waals surface area contributed by atoms with Crippen molar-refractivity contribution in [2.45, 2.75) is 31.6 Å². The standard InChI is InChI=1S/C13H14OS/c14-12-8-10(9-3-4-9)5-6-11(12)13-2-1-7-15-13/h1-2,5,7,9,11H,3-4,6,8H2/t11-/m1/s1. The topological polar surface area (TPSA) is 17.1 Å². The lowest BCUT2D eigenvalue weighted by atomic mass is 9.85. The molecule has 1 saturated carbocycles. The second-order valence-corrected chi connectivity index (χ2v) is 5.48. The summed E-state index contributed by atoms with van der Waals surface area (Å²) < 4.78 is 0. The zero-order valence-corrected chi connectivity index (χ0v) is 9.43. The van der Waals surface area contributed by atoms with Crippen LogP contribution in [-0.2, 0) is 4.79 Å². The van der Waals surface area contributed by atoms with Crippen LogP contribution < -0.4 is 0 Å². The Balaban J connectivity index is 1.80. The average Bonchev–Trinajstić information content (AvgIpc) is 2.95. The molecule has 2 aliphatic carbocycles. The molecule has 0 spiro atoms. The van der Waals surface area contributed by atoms with Crippen LogP contribution in [0.1, 0.15) is 36.5 Å². The minimum Gasteiger partial charge on any atom is -0.299 e. The van der Waals surface area contributed by atoms with Crippen LogP contribution in [0.3, 0.4) is 0 Å². The number of rotatable bonds is 2. The Morgan fingerprint density at radius 3 is 2.80 bits per heavy atom. The van der Waals surface area contributed by atoms with Gasteiger partial charge in [-0.25, -0.2) is 0 Å². The number of Topliss-reactive ketones (excluding diaryl/α,β-unsaturated/α-hetero) is 1. The molecule has 1 atom stereocenters. The second-order valence-electron chi connectivity index (χ2n) is 4.50. The molecule has 0 N–H and O–H groups in total. The van der Waals surface area contributed by atoms with Crippen LogP contribution in [0.15, 0.2) is 29.2 Å². The number of carbonyl (C=O) groups excluding carboxylic acids is 1. The van der Waals surface area contributed by atoms with Gasteiger partial charge < -0.3 is 0 Å². The fourth-order valence-electron chi connectivity index (χ4n) is 2.33. The van der Waals surface area contributed by atoms with E-state index < -0.39 is 0 Å². The number of ketones is 1. The highest BCUT2D eigenvalue weighted by atomic mass is 32.1. The molecule has 1 aromatic rings. The summed E-state index contributed by atoms with van der Waals surface area (Å²) in [7, 11) is 0. The van der Waals surface area contributed by atoms with E-state index in [-0.39, 0.29) is 5.92 Å². The molecule has 1 nitrogen and oxygen atoms in total. The molecule has 3 rings (SSSR count). The van der Waals surface area contributed by atoms with Gasteiger partial charge in [-0.15, -0.1) is 11.3 Å². The molecular weight excluding hydrogens is 204 g/mol. The number of allylic oxidation sites excluding steroid dienone is 2. The third-order valence-electron chi connectivity index (χ3n) is 3.37. The quantitative estimate of drug-likeness (QED) is 0.694. The fourth-order valence-corrected chi connectivity index (χ4v) is 3.19. The highest BCUT2D eigenvalue weighted by Gasteiger charge is 2.32. The molecule has 0 saturated heterocycles. The summed E-state index contributed by atoms with van der Waals surface area (Å²) in [5, 5.41) is 2.06. The maximum Gasteiger partial charge on any atom is 0.145 e. The number of thiophene rings is 1. The molecule has 0 aliphatic heterocycles. The van der Waals surface area contributed by atoms with Crippen LogP contribution in [0, 0.1) is 5.92 Å². The minimum absolute atomic E-state index is 0.160. The highest BCUT2D eigenvalue weighted by Crippen LogP contribution is 2.42. The van der Waals surface area contributed by atoms with Gasteiger partial charge in [0.15, 0.2) is 0 Å². The first-order valence-corrected chi connectivity index (χ1v) is 6.47. The van der Waals surface area contributed by atoms with Crippen LogP contribution in [0.4, 0.5) is 0 Å². The molecule has 15 heavy (non-hydrogen) atoms. The van der Waals surface area contributed by atoms with E-state index in [1.54, 1.807) is 11.3 Å². The van der Waals surface area contributed by atoms with Crippen LogP contribution in [0.25, 0.3) is 0 Å². The maximum absolute atomic E-state index is 12.0. The molecule has 0 aromatic carbocycles. The van der Waals surface area contributed by atoms with E-state index in [9.17, 15) is 4.79 Å². The predicted octanol–water partition coefficient (Wildman–Crippen LogP) is 3.53. The molecule has 0 bridgehead atoms. The molecular formula is C13H14OS. The van der Waals surface area contributed by atoms with E-state index in [0.29, 0.717) is 12.2 Å². The summed E-state index contributed by atoms with van der Waals surface area (Å²) in [5.74, 6) is 1.35. The SMILES string of the molecule is O=C1CC(C2CC2)=CC[C@H]1c1cccs1. The average molecular weight is 218 g/mol. The van der Waals surface area contributed by atoms with Crippen LogP contribution in [-0.4, -0.2) is 5.78 Å². The summed E-state index contributed by atoms with van der Waals surface area (Å²) in [6.07, 6.45) is 6.59. The first kappa shape index (κ1) is 9.34. The van der Waals surface area contributed by atoms with E-state index in [1.807, 2.05) is 6.07 Å². The van der Waals surface area contributed by atoms with Crippen molar-refractivity contribution in [3.05, 3.63) is 34.0 Å². The third kappa shape index (κ3) is 1.78. The van der Waals surface area contributed by atoms with Gasteiger partial charge in [0.1, 0.15) is 5.78 Å². The van der Waals surface area contributed by atoms with Crippen molar-refractivity contribution < 1.29 is 4.79 Å². The first-order valence-electron chi connectivity index (χ1n) is 5.59. The van der Waals surface area contributed by atoms with Gasteiger partial charge in [-0.05, 0) is 36.6 Å². The predicted molar refractivity (Wildman–Crippen MR) is 62.1 cm³/mol. The zero-order chi connectivity index (χ0) is 10.3. The van der Waals surface area contributed by atoms with Crippen molar-refractivity contribution in [1.82, 2.24) is 0 Å². The Labute approximate surface area is 93.8 Å². The lowest BCUT2D eigenvalue weighted by molar-refractivity contribution is -0.120. The second kappa shape index (κ2) is 3.60. The van der Waals surface area contributed by atoms with E-state index >= 15 is 0 Å². The minimum atomic E-state index is 0.160. The van der Waals surface area contributed by atoms with Crippen molar-refractivity contribution in [1.29, 1.82) is 0 Å².